The maximum absolute atomic E-state index is 10.9. The van der Waals surface area contributed by atoms with Gasteiger partial charge in [-0.25, -0.2) is 0 Å². The van der Waals surface area contributed by atoms with Crippen LogP contribution in [0.5, 0.6) is 0 Å². The Balaban J connectivity index is 0.00000121. The van der Waals surface area contributed by atoms with Gasteiger partial charge in [0.1, 0.15) is 0 Å². The average molecular weight is 414 g/mol. The van der Waals surface area contributed by atoms with Crippen molar-refractivity contribution in [1.82, 2.24) is 10.6 Å². The van der Waals surface area contributed by atoms with Gasteiger partial charge < -0.3 is 20.5 Å². The molecule has 3 N–H and O–H groups in total. The third kappa shape index (κ3) is 1.69. The van der Waals surface area contributed by atoms with Crippen molar-refractivity contribution in [1.29, 1.82) is 0 Å². The summed E-state index contributed by atoms with van der Waals surface area (Å²) in [6, 6.07) is -0.752. The molecule has 0 spiro atoms. The number of hydrogen-bond donors (Lipinski definition) is 3. The van der Waals surface area contributed by atoms with Crippen molar-refractivity contribution < 1.29 is 14.7 Å². The van der Waals surface area contributed by atoms with Gasteiger partial charge in [0.25, 0.3) is 0 Å². The monoisotopic (exact) mass is 414 g/mol. The Kier molecular flexibility index (Phi) is 3.24. The first-order valence-electron chi connectivity index (χ1n) is 3.32. The number of rotatable bonds is 3. The summed E-state index contributed by atoms with van der Waals surface area (Å²) in [5, 5.41) is 13.4. The predicted octanol–water partition coefficient (Wildman–Crippen LogP) is -2.11. The Morgan fingerprint density at radius 2 is 2.42 bits per heavy atom. The first-order valence-corrected chi connectivity index (χ1v) is 3.32. The van der Waals surface area contributed by atoms with Crippen LogP contribution in [0.3, 0.4) is 0 Å². The van der Waals surface area contributed by atoms with E-state index in [9.17, 15) is 9.59 Å². The van der Waals surface area contributed by atoms with Crippen LogP contribution in [0.1, 0.15) is 6.42 Å². The summed E-state index contributed by atoms with van der Waals surface area (Å²) in [5.74, 6) is -0.257. The molecular formula is C6H9FmN2O3-. The molecule has 5 nitrogen and oxygen atoms in total. The van der Waals surface area contributed by atoms with Crippen molar-refractivity contribution in [2.75, 3.05) is 6.61 Å². The van der Waals surface area contributed by atoms with E-state index in [1.54, 1.807) is 0 Å². The summed E-state index contributed by atoms with van der Waals surface area (Å²) in [6.45, 7) is -0.0945. The molecule has 1 fully saturated rings. The first kappa shape index (κ1) is 9.90. The summed E-state index contributed by atoms with van der Waals surface area (Å²) in [7, 11) is 0. The summed E-state index contributed by atoms with van der Waals surface area (Å²) in [5.41, 5.74) is 0. The van der Waals surface area contributed by atoms with Crippen molar-refractivity contribution in [2.45, 2.75) is 18.5 Å². The van der Waals surface area contributed by atoms with Crippen LogP contribution in [-0.2, 0) is 9.59 Å². The molecule has 1 heterocycles. The first-order chi connectivity index (χ1) is 5.27. The van der Waals surface area contributed by atoms with E-state index in [1.807, 2.05) is 0 Å². The molecule has 0 bridgehead atoms. The third-order valence-corrected chi connectivity index (χ3v) is 1.64. The van der Waals surface area contributed by atoms with Crippen molar-refractivity contribution in [3.8, 4) is 0 Å². The van der Waals surface area contributed by atoms with Crippen LogP contribution in [-0.4, -0.2) is 36.1 Å². The Bertz CT molecular complexity index is 176. The maximum atomic E-state index is 10.9. The number of carbonyl (C=O) groups excluding carboxylic acids is 2. The van der Waals surface area contributed by atoms with Crippen LogP contribution in [0.4, 0.5) is 0 Å². The second-order valence-electron chi connectivity index (χ2n) is 2.42. The van der Waals surface area contributed by atoms with Crippen molar-refractivity contribution >= 4 is 12.3 Å². The molecule has 6 heteroatoms. The van der Waals surface area contributed by atoms with Gasteiger partial charge in [-0.2, -0.15) is 6.41 Å². The molecule has 2 amide bonds. The Hall–Kier alpha value is -2.10. The van der Waals surface area contributed by atoms with Crippen molar-refractivity contribution in [2.24, 2.45) is 0 Å². The number of amides is 2. The number of aliphatic hydroxyl groups excluding tert-OH is 1. The van der Waals surface area contributed by atoms with Gasteiger partial charge in [0.05, 0.1) is 18.7 Å². The van der Waals surface area contributed by atoms with Crippen LogP contribution in [0, 0.1) is 0 Å². The van der Waals surface area contributed by atoms with Gasteiger partial charge in [-0.3, -0.25) is 4.79 Å². The van der Waals surface area contributed by atoms with E-state index < -0.39 is 6.04 Å². The predicted molar refractivity (Wildman–Crippen MR) is 36.3 cm³/mol. The van der Waals surface area contributed by atoms with Crippen molar-refractivity contribution in [3.05, 3.63) is 0 Å². The van der Waals surface area contributed by atoms with Gasteiger partial charge in [-0.05, 0) is 6.42 Å². The zero-order chi connectivity index (χ0) is 8.27. The quantitative estimate of drug-likeness (QED) is 0.366. The Labute approximate surface area is 63.8 Å². The molecule has 1 rings (SSSR count). The van der Waals surface area contributed by atoms with Gasteiger partial charge in [0, 0.05) is 0 Å². The average Bonchev–Trinajstić information content (AvgIpc) is 2.33. The van der Waals surface area contributed by atoms with Crippen molar-refractivity contribution in [3.63, 3.8) is 0 Å². The smallest absolute Gasteiger partial charge is 0.240 e. The molecule has 1 aliphatic rings. The summed E-state index contributed by atoms with van der Waals surface area (Å²) < 4.78 is 0. The van der Waals surface area contributed by atoms with E-state index in [4.69, 9.17) is 5.11 Å². The van der Waals surface area contributed by atoms with Gasteiger partial charge in [0.15, 0.2) is 0 Å². The molecule has 0 aliphatic carbocycles. The summed E-state index contributed by atoms with van der Waals surface area (Å²) >= 11 is 0. The van der Waals surface area contributed by atoms with Gasteiger partial charge in [0.2, 0.25) is 5.91 Å². The second-order valence-corrected chi connectivity index (χ2v) is 2.42. The maximum Gasteiger partial charge on any atom is 0.240 e. The molecule has 2 unspecified atom stereocenters. The summed E-state index contributed by atoms with van der Waals surface area (Å²) in [4.78, 5) is 20.7. The van der Waals surface area contributed by atoms with E-state index in [0.717, 1.165) is 0 Å². The number of carbonyl (C=O) groups is 1. The molecule has 74 valence electrons. The molecule has 0 aromatic rings. The van der Waals surface area contributed by atoms with Crippen LogP contribution in [0.2, 0.25) is 0 Å². The number of aliphatic hydroxyl groups is 1. The molecule has 0 aromatic carbocycles. The Morgan fingerprint density at radius 3 is 2.83 bits per heavy atom. The molecule has 1 saturated heterocycles. The fraction of sp³-hybridized carbons (Fsp3) is 0.667. The number of nitrogens with one attached hydrogen (secondary N) is 2. The van der Waals surface area contributed by atoms with Crippen LogP contribution < -0.4 is 10.6 Å². The fourth-order valence-electron chi connectivity index (χ4n) is 1.07. The van der Waals surface area contributed by atoms with E-state index >= 15 is 0 Å². The van der Waals surface area contributed by atoms with Gasteiger partial charge in [-0.1, -0.05) is 0 Å². The van der Waals surface area contributed by atoms with Crippen LogP contribution in [0.15, 0.2) is 0 Å². The van der Waals surface area contributed by atoms with Gasteiger partial charge >= 0.3 is 0 Å². The van der Waals surface area contributed by atoms with E-state index in [-0.39, 0.29) is 18.6 Å². The fourth-order valence-corrected chi connectivity index (χ4v) is 1.07. The zero-order valence-electron chi connectivity index (χ0n) is 6.12. The molecule has 0 aromatic heterocycles. The largest absolute Gasteiger partial charge is 0.520 e. The number of hydrogen-bond acceptors (Lipinski definition) is 3. The minimum absolute atomic E-state index is 0. The minimum atomic E-state index is -0.523. The van der Waals surface area contributed by atoms with E-state index in [2.05, 4.69) is 10.6 Å². The molecular weight excluding hydrogens is 405 g/mol. The summed E-state index contributed by atoms with van der Waals surface area (Å²) in [6.07, 6.45) is 1.88. The molecule has 2 atom stereocenters. The standard InChI is InChI=1S/C6H9N2O3.Fm/c9-2-4-1-5(7-3-10)6(11)8-4;/h4-5,9H,1-2H2,(H,7,10)(H,8,11);/q-1;. The van der Waals surface area contributed by atoms with E-state index in [0.29, 0.717) is 6.42 Å². The minimum Gasteiger partial charge on any atom is -0.520 e. The molecule has 12 heavy (non-hydrogen) atoms. The molecule has 0 radical (unpaired) electrons. The topological polar surface area (TPSA) is 78.4 Å². The molecule has 0 saturated carbocycles. The zero-order valence-corrected chi connectivity index (χ0v) is 8.53. The van der Waals surface area contributed by atoms with Crippen LogP contribution >= 0.6 is 0 Å². The SMILES string of the molecule is O=[C-]NC1CC(CO)NC1=O.[Fm]. The normalized spacial score (nSPS) is 27.2. The Morgan fingerprint density at radius 1 is 1.75 bits per heavy atom. The van der Waals surface area contributed by atoms with Crippen LogP contribution in [0.25, 0.3) is 0 Å². The molecule has 1 aliphatic heterocycles. The second kappa shape index (κ2) is 3.92. The van der Waals surface area contributed by atoms with E-state index in [1.165, 1.54) is 6.41 Å². The van der Waals surface area contributed by atoms with Gasteiger partial charge in [-0.15, -0.1) is 0 Å². The third-order valence-electron chi connectivity index (χ3n) is 1.64.